The molecule has 0 fully saturated rings. The van der Waals surface area contributed by atoms with E-state index < -0.39 is 0 Å². The van der Waals surface area contributed by atoms with Crippen LogP contribution in [-0.2, 0) is 20.1 Å². The first-order valence-corrected chi connectivity index (χ1v) is 19.0. The molecule has 6 heteroatoms. The van der Waals surface area contributed by atoms with E-state index in [9.17, 15) is 0 Å². The van der Waals surface area contributed by atoms with Gasteiger partial charge in [0.1, 0.15) is 11.9 Å². The second kappa shape index (κ2) is 16.7. The topological polar surface area (TPSA) is 44.9 Å². The number of hydrogen-bond acceptors (Lipinski definition) is 3. The van der Waals surface area contributed by atoms with Crippen molar-refractivity contribution >= 4 is 5.70 Å². The molecule has 0 bridgehead atoms. The van der Waals surface area contributed by atoms with E-state index in [4.69, 9.17) is 9.72 Å². The molecular weight excluding hydrogens is 841 g/mol. The Morgan fingerprint density at radius 1 is 0.611 bits per heavy atom. The molecule has 54 heavy (non-hydrogen) atoms. The minimum Gasteiger partial charge on any atom is -0.485 e. The van der Waals surface area contributed by atoms with E-state index in [0.29, 0.717) is 23.7 Å². The molecule has 1 aliphatic carbocycles. The van der Waals surface area contributed by atoms with Crippen molar-refractivity contribution in [3.05, 3.63) is 162 Å². The largest absolute Gasteiger partial charge is 0.485 e. The molecular formula is C48H50IrN4O-2. The Morgan fingerprint density at radius 3 is 1.70 bits per heavy atom. The van der Waals surface area contributed by atoms with Gasteiger partial charge in [0.25, 0.3) is 0 Å². The molecule has 0 N–H and O–H groups in total. The van der Waals surface area contributed by atoms with Crippen LogP contribution in [-0.4, -0.2) is 25.2 Å². The summed E-state index contributed by atoms with van der Waals surface area (Å²) in [6.07, 6.45) is 10.3. The third-order valence-electron chi connectivity index (χ3n) is 10.3. The summed E-state index contributed by atoms with van der Waals surface area (Å²) >= 11 is 0. The monoisotopic (exact) mass is 891 g/mol. The van der Waals surface area contributed by atoms with Crippen molar-refractivity contribution < 1.29 is 24.8 Å². The van der Waals surface area contributed by atoms with Gasteiger partial charge in [-0.15, -0.1) is 71.8 Å². The fraction of sp³-hybridized carbons (Fsp3) is 0.292. The molecule has 2 unspecified atom stereocenters. The van der Waals surface area contributed by atoms with Crippen LogP contribution in [0.15, 0.2) is 133 Å². The molecule has 2 atom stereocenters. The number of benzene rings is 4. The Bertz CT molecular complexity index is 2210. The van der Waals surface area contributed by atoms with E-state index in [1.54, 1.807) is 0 Å². The number of rotatable bonds is 8. The van der Waals surface area contributed by atoms with E-state index in [1.165, 1.54) is 39.2 Å². The molecule has 0 spiro atoms. The van der Waals surface area contributed by atoms with Gasteiger partial charge in [-0.1, -0.05) is 97.9 Å². The van der Waals surface area contributed by atoms with Crippen molar-refractivity contribution in [2.24, 2.45) is 11.8 Å². The average molecular weight is 891 g/mol. The smallest absolute Gasteiger partial charge is 0.133 e. The molecule has 0 amide bonds. The predicted molar refractivity (Wildman–Crippen MR) is 217 cm³/mol. The first-order valence-electron chi connectivity index (χ1n) is 19.0. The summed E-state index contributed by atoms with van der Waals surface area (Å²) in [7, 11) is 0. The van der Waals surface area contributed by atoms with Crippen LogP contribution in [0.25, 0.3) is 34.2 Å². The second-order valence-corrected chi connectivity index (χ2v) is 15.2. The number of imidazole rings is 2. The molecule has 2 aliphatic rings. The van der Waals surface area contributed by atoms with Crippen molar-refractivity contribution in [2.45, 2.75) is 79.2 Å². The molecule has 0 saturated heterocycles. The van der Waals surface area contributed by atoms with Gasteiger partial charge in [0.2, 0.25) is 0 Å². The van der Waals surface area contributed by atoms with Crippen LogP contribution >= 0.6 is 0 Å². The van der Waals surface area contributed by atoms with Gasteiger partial charge in [-0.3, -0.25) is 9.97 Å². The first kappa shape index (κ1) is 38.9. The third-order valence-corrected chi connectivity index (χ3v) is 10.3. The van der Waals surface area contributed by atoms with Crippen molar-refractivity contribution in [2.75, 3.05) is 0 Å². The maximum absolute atomic E-state index is 6.54. The minimum atomic E-state index is 0. The van der Waals surface area contributed by atoms with Gasteiger partial charge in [-0.25, -0.2) is 0 Å². The van der Waals surface area contributed by atoms with Crippen LogP contribution in [0, 0.1) is 24.0 Å². The maximum Gasteiger partial charge on any atom is 0.133 e. The number of ether oxygens (including phenoxy) is 1. The van der Waals surface area contributed by atoms with Gasteiger partial charge in [0.05, 0.1) is 11.6 Å². The molecule has 8 rings (SSSR count). The molecule has 3 heterocycles. The second-order valence-electron chi connectivity index (χ2n) is 15.2. The van der Waals surface area contributed by atoms with Crippen molar-refractivity contribution in [3.63, 3.8) is 0 Å². The summed E-state index contributed by atoms with van der Waals surface area (Å²) in [5.41, 5.74) is 11.2. The average Bonchev–Trinajstić information content (AvgIpc) is 3.93. The van der Waals surface area contributed by atoms with Gasteiger partial charge in [0, 0.05) is 67.8 Å². The Morgan fingerprint density at radius 2 is 1.17 bits per heavy atom. The van der Waals surface area contributed by atoms with Crippen LogP contribution in [0.3, 0.4) is 0 Å². The number of para-hydroxylation sites is 2. The van der Waals surface area contributed by atoms with Crippen LogP contribution in [0.5, 0.6) is 5.75 Å². The predicted octanol–water partition coefficient (Wildman–Crippen LogP) is 11.9. The van der Waals surface area contributed by atoms with E-state index in [1.807, 2.05) is 48.8 Å². The molecule has 0 saturated carbocycles. The van der Waals surface area contributed by atoms with Crippen LogP contribution in [0.2, 0.25) is 0 Å². The number of fused-ring (bicyclic) bond motifs is 3. The summed E-state index contributed by atoms with van der Waals surface area (Å²) in [6.45, 7) is 18.1. The summed E-state index contributed by atoms with van der Waals surface area (Å²) in [6, 6.07) is 37.8. The number of nitrogens with zero attached hydrogens (tertiary/aromatic N) is 4. The molecule has 1 radical (unpaired) electrons. The number of allylic oxidation sites excluding steroid dienone is 2. The Balaban J connectivity index is 0.000000187. The normalized spacial score (nSPS) is 16.1. The van der Waals surface area contributed by atoms with Gasteiger partial charge >= 0.3 is 0 Å². The zero-order chi connectivity index (χ0) is 37.2. The van der Waals surface area contributed by atoms with Gasteiger partial charge in [-0.2, -0.15) is 0 Å². The summed E-state index contributed by atoms with van der Waals surface area (Å²) in [5.74, 6) is 4.78. The van der Waals surface area contributed by atoms with E-state index in [0.717, 1.165) is 28.5 Å². The SMILES string of the molecule is CC(C)C1=CC2c3ccccc3OC2C(C(C)C)=C1n1ccnc1-c1[c-]cccc1.CC(C)c1cccc(C(C)C)c1-n1ccnc1-c1[c-]cccc1.[Ir]. The summed E-state index contributed by atoms with van der Waals surface area (Å²) < 4.78 is 11.0. The Hall–Kier alpha value is -4.77. The van der Waals surface area contributed by atoms with Crippen LogP contribution in [0.4, 0.5) is 0 Å². The fourth-order valence-electron chi connectivity index (χ4n) is 7.81. The molecule has 279 valence electrons. The Kier molecular flexibility index (Phi) is 12.1. The van der Waals surface area contributed by atoms with Crippen LogP contribution < -0.4 is 4.74 Å². The Labute approximate surface area is 335 Å². The summed E-state index contributed by atoms with van der Waals surface area (Å²) in [5, 5.41) is 0. The molecule has 4 aromatic carbocycles. The minimum absolute atomic E-state index is 0. The molecule has 6 aromatic rings. The van der Waals surface area contributed by atoms with E-state index in [-0.39, 0.29) is 32.1 Å². The molecule has 5 nitrogen and oxygen atoms in total. The van der Waals surface area contributed by atoms with Gasteiger partial charge < -0.3 is 13.9 Å². The van der Waals surface area contributed by atoms with Crippen LogP contribution in [0.1, 0.15) is 89.8 Å². The third kappa shape index (κ3) is 7.47. The zero-order valence-electron chi connectivity index (χ0n) is 32.5. The fourth-order valence-corrected chi connectivity index (χ4v) is 7.81. The molecule has 1 aliphatic heterocycles. The standard InChI is InChI=1S/C27H27N2O.C21H23N2.Ir/c1-17(2)21-16-22-20-12-8-9-13-23(20)30-26(22)24(18(3)4)25(21)29-15-14-28-27(29)19-10-6-5-7-11-19;1-15(2)18-11-8-12-19(16(3)4)20(18)23-14-13-22-21(23)17-9-6-5-7-10-17;/h5-10,12-18,22,26H,1-4H3;5-9,11-16H,1-4H3;/q2*-1;. The quantitative estimate of drug-likeness (QED) is 0.143. The summed E-state index contributed by atoms with van der Waals surface area (Å²) in [4.78, 5) is 9.30. The zero-order valence-corrected chi connectivity index (χ0v) is 34.9. The van der Waals surface area contributed by atoms with E-state index >= 15 is 0 Å². The number of aromatic nitrogens is 4. The number of hydrogen-bond donors (Lipinski definition) is 0. The first-order chi connectivity index (χ1) is 25.7. The van der Waals surface area contributed by atoms with Crippen molar-refractivity contribution in [1.82, 2.24) is 19.1 Å². The maximum atomic E-state index is 6.54. The van der Waals surface area contributed by atoms with Crippen molar-refractivity contribution in [3.8, 4) is 34.2 Å². The van der Waals surface area contributed by atoms with Gasteiger partial charge in [-0.05, 0) is 52.0 Å². The van der Waals surface area contributed by atoms with E-state index in [2.05, 4.69) is 155 Å². The van der Waals surface area contributed by atoms with Crippen molar-refractivity contribution in [1.29, 1.82) is 0 Å². The molecule has 2 aromatic heterocycles. The van der Waals surface area contributed by atoms with Gasteiger partial charge in [0.15, 0.2) is 0 Å².